The van der Waals surface area contributed by atoms with Gasteiger partial charge in [-0.05, 0) is 38.1 Å². The molecule has 0 radical (unpaired) electrons. The van der Waals surface area contributed by atoms with Gasteiger partial charge in [0.2, 0.25) is 5.91 Å². The van der Waals surface area contributed by atoms with E-state index in [9.17, 15) is 4.79 Å². The number of nitrogens with zero attached hydrogens (tertiary/aromatic N) is 1. The van der Waals surface area contributed by atoms with Crippen LogP contribution >= 0.6 is 0 Å². The molecule has 5 nitrogen and oxygen atoms in total. The van der Waals surface area contributed by atoms with Crippen molar-refractivity contribution < 1.29 is 4.79 Å². The smallest absolute Gasteiger partial charge is 0.231 e. The fourth-order valence-corrected chi connectivity index (χ4v) is 2.31. The zero-order valence-electron chi connectivity index (χ0n) is 10.3. The highest BCUT2D eigenvalue weighted by molar-refractivity contribution is 5.97. The summed E-state index contributed by atoms with van der Waals surface area (Å²) in [5, 5.41) is 14.1. The van der Waals surface area contributed by atoms with E-state index in [0.717, 1.165) is 36.1 Å². The number of aromatic amines is 1. The van der Waals surface area contributed by atoms with Crippen molar-refractivity contribution >= 4 is 22.5 Å². The molecule has 0 saturated carbocycles. The molecule has 1 amide bonds. The van der Waals surface area contributed by atoms with Crippen LogP contribution in [0.25, 0.3) is 10.9 Å². The first-order valence-corrected chi connectivity index (χ1v) is 6.13. The van der Waals surface area contributed by atoms with Crippen molar-refractivity contribution in [2.45, 2.75) is 13.3 Å². The zero-order valence-corrected chi connectivity index (χ0v) is 10.3. The SMILES string of the molecule is CC1(C(=O)Nc2ccc3cn[nH]c3c2)CCNC1. The first-order valence-electron chi connectivity index (χ1n) is 6.13. The van der Waals surface area contributed by atoms with Crippen molar-refractivity contribution in [1.29, 1.82) is 0 Å². The summed E-state index contributed by atoms with van der Waals surface area (Å²) in [6.07, 6.45) is 2.65. The number of carbonyl (C=O) groups excluding carboxylic acids is 1. The highest BCUT2D eigenvalue weighted by Gasteiger charge is 2.36. The molecule has 1 atom stereocenters. The van der Waals surface area contributed by atoms with Crippen LogP contribution in [-0.2, 0) is 4.79 Å². The lowest BCUT2D eigenvalue weighted by Gasteiger charge is -2.21. The first kappa shape index (κ1) is 11.2. The van der Waals surface area contributed by atoms with Gasteiger partial charge in [-0.25, -0.2) is 0 Å². The maximum atomic E-state index is 12.2. The van der Waals surface area contributed by atoms with Crippen LogP contribution in [0.4, 0.5) is 5.69 Å². The number of aromatic nitrogens is 2. The third kappa shape index (κ3) is 1.86. The van der Waals surface area contributed by atoms with Crippen LogP contribution in [-0.4, -0.2) is 29.2 Å². The average Bonchev–Trinajstić information content (AvgIpc) is 2.98. The number of rotatable bonds is 2. The minimum Gasteiger partial charge on any atom is -0.326 e. The number of hydrogen-bond donors (Lipinski definition) is 3. The number of benzene rings is 1. The second-order valence-corrected chi connectivity index (χ2v) is 5.11. The molecule has 1 aromatic carbocycles. The van der Waals surface area contributed by atoms with Crippen LogP contribution in [0.2, 0.25) is 0 Å². The molecule has 94 valence electrons. The third-order valence-electron chi connectivity index (χ3n) is 3.62. The molecule has 18 heavy (non-hydrogen) atoms. The summed E-state index contributed by atoms with van der Waals surface area (Å²) >= 11 is 0. The minimum absolute atomic E-state index is 0.0753. The average molecular weight is 244 g/mol. The van der Waals surface area contributed by atoms with Gasteiger partial charge in [-0.3, -0.25) is 9.89 Å². The number of H-pyrrole nitrogens is 1. The van der Waals surface area contributed by atoms with Gasteiger partial charge in [-0.1, -0.05) is 0 Å². The van der Waals surface area contributed by atoms with Crippen LogP contribution in [0.3, 0.4) is 0 Å². The molecule has 5 heteroatoms. The Balaban J connectivity index is 1.81. The predicted octanol–water partition coefficient (Wildman–Crippen LogP) is 1.50. The standard InChI is InChI=1S/C13H16N4O/c1-13(4-5-14-8-13)12(18)16-10-3-2-9-7-15-17-11(9)6-10/h2-3,6-7,14H,4-5,8H2,1H3,(H,15,17)(H,16,18). The Morgan fingerprint density at radius 1 is 1.50 bits per heavy atom. The molecule has 1 saturated heterocycles. The predicted molar refractivity (Wildman–Crippen MR) is 70.3 cm³/mol. The molecule has 1 aliphatic rings. The summed E-state index contributed by atoms with van der Waals surface area (Å²) in [6.45, 7) is 3.64. The highest BCUT2D eigenvalue weighted by Crippen LogP contribution is 2.27. The maximum absolute atomic E-state index is 12.2. The van der Waals surface area contributed by atoms with Crippen LogP contribution in [0.1, 0.15) is 13.3 Å². The number of fused-ring (bicyclic) bond motifs is 1. The first-order chi connectivity index (χ1) is 8.67. The molecule has 1 aromatic heterocycles. The largest absolute Gasteiger partial charge is 0.326 e. The summed E-state index contributed by atoms with van der Waals surface area (Å²) in [7, 11) is 0. The molecule has 0 bridgehead atoms. The lowest BCUT2D eigenvalue weighted by Crippen LogP contribution is -2.35. The van der Waals surface area contributed by atoms with E-state index >= 15 is 0 Å². The normalized spacial score (nSPS) is 23.4. The lowest BCUT2D eigenvalue weighted by atomic mass is 9.89. The van der Waals surface area contributed by atoms with Crippen molar-refractivity contribution in [3.8, 4) is 0 Å². The molecule has 3 N–H and O–H groups in total. The van der Waals surface area contributed by atoms with Crippen molar-refractivity contribution in [3.05, 3.63) is 24.4 Å². The Hall–Kier alpha value is -1.88. The van der Waals surface area contributed by atoms with E-state index in [-0.39, 0.29) is 11.3 Å². The van der Waals surface area contributed by atoms with Gasteiger partial charge in [-0.2, -0.15) is 5.10 Å². The van der Waals surface area contributed by atoms with E-state index in [0.29, 0.717) is 0 Å². The lowest BCUT2D eigenvalue weighted by molar-refractivity contribution is -0.123. The van der Waals surface area contributed by atoms with E-state index in [1.807, 2.05) is 25.1 Å². The summed E-state index contributed by atoms with van der Waals surface area (Å²) in [5.41, 5.74) is 1.44. The van der Waals surface area contributed by atoms with Crippen LogP contribution in [0.15, 0.2) is 24.4 Å². The summed E-state index contributed by atoms with van der Waals surface area (Å²) < 4.78 is 0. The van der Waals surface area contributed by atoms with Crippen LogP contribution in [0, 0.1) is 5.41 Å². The van der Waals surface area contributed by atoms with E-state index in [1.54, 1.807) is 6.20 Å². The number of carbonyl (C=O) groups is 1. The molecule has 1 fully saturated rings. The number of nitrogens with one attached hydrogen (secondary N) is 3. The van der Waals surface area contributed by atoms with Crippen molar-refractivity contribution in [3.63, 3.8) is 0 Å². The summed E-state index contributed by atoms with van der Waals surface area (Å²) in [5.74, 6) is 0.0753. The number of hydrogen-bond acceptors (Lipinski definition) is 3. The molecule has 3 rings (SSSR count). The summed E-state index contributed by atoms with van der Waals surface area (Å²) in [4.78, 5) is 12.2. The van der Waals surface area contributed by atoms with Crippen LogP contribution < -0.4 is 10.6 Å². The third-order valence-corrected chi connectivity index (χ3v) is 3.62. The van der Waals surface area contributed by atoms with Gasteiger partial charge in [-0.15, -0.1) is 0 Å². The van der Waals surface area contributed by atoms with Gasteiger partial charge in [0.25, 0.3) is 0 Å². The fourth-order valence-electron chi connectivity index (χ4n) is 2.31. The molecule has 0 aliphatic carbocycles. The number of amides is 1. The molecule has 2 heterocycles. The zero-order chi connectivity index (χ0) is 12.6. The van der Waals surface area contributed by atoms with Crippen molar-refractivity contribution in [2.75, 3.05) is 18.4 Å². The van der Waals surface area contributed by atoms with Gasteiger partial charge < -0.3 is 10.6 Å². The van der Waals surface area contributed by atoms with E-state index in [4.69, 9.17) is 0 Å². The fraction of sp³-hybridized carbons (Fsp3) is 0.385. The molecular weight excluding hydrogens is 228 g/mol. The van der Waals surface area contributed by atoms with E-state index in [1.165, 1.54) is 0 Å². The molecule has 2 aromatic rings. The Labute approximate surface area is 105 Å². The Morgan fingerprint density at radius 3 is 3.17 bits per heavy atom. The van der Waals surface area contributed by atoms with Gasteiger partial charge in [0.1, 0.15) is 0 Å². The highest BCUT2D eigenvalue weighted by atomic mass is 16.2. The Kier molecular flexibility index (Phi) is 2.56. The second-order valence-electron chi connectivity index (χ2n) is 5.11. The van der Waals surface area contributed by atoms with Crippen molar-refractivity contribution in [2.24, 2.45) is 5.41 Å². The van der Waals surface area contributed by atoms with E-state index in [2.05, 4.69) is 20.8 Å². The second kappa shape index (κ2) is 4.10. The molecule has 0 spiro atoms. The Morgan fingerprint density at radius 2 is 2.39 bits per heavy atom. The molecule has 1 unspecified atom stereocenters. The minimum atomic E-state index is -0.303. The van der Waals surface area contributed by atoms with Crippen LogP contribution in [0.5, 0.6) is 0 Å². The quantitative estimate of drug-likeness (QED) is 0.749. The Bertz CT molecular complexity index is 583. The van der Waals surface area contributed by atoms with Gasteiger partial charge in [0, 0.05) is 17.6 Å². The monoisotopic (exact) mass is 244 g/mol. The summed E-state index contributed by atoms with van der Waals surface area (Å²) in [6, 6.07) is 5.76. The van der Waals surface area contributed by atoms with Gasteiger partial charge >= 0.3 is 0 Å². The van der Waals surface area contributed by atoms with E-state index < -0.39 is 0 Å². The number of anilines is 1. The van der Waals surface area contributed by atoms with Crippen molar-refractivity contribution in [1.82, 2.24) is 15.5 Å². The maximum Gasteiger partial charge on any atom is 0.231 e. The molecular formula is C13H16N4O. The van der Waals surface area contributed by atoms with Gasteiger partial charge in [0.05, 0.1) is 17.1 Å². The topological polar surface area (TPSA) is 69.8 Å². The van der Waals surface area contributed by atoms with Gasteiger partial charge in [0.15, 0.2) is 0 Å². The molecule has 1 aliphatic heterocycles.